The van der Waals surface area contributed by atoms with Crippen molar-refractivity contribution in [2.45, 2.75) is 31.7 Å². The molecule has 1 fully saturated rings. The van der Waals surface area contributed by atoms with Crippen molar-refractivity contribution in [2.24, 2.45) is 0 Å². The maximum Gasteiger partial charge on any atom is 0.317 e. The van der Waals surface area contributed by atoms with E-state index in [0.717, 1.165) is 30.9 Å². The van der Waals surface area contributed by atoms with E-state index in [9.17, 15) is 4.79 Å². The summed E-state index contributed by atoms with van der Waals surface area (Å²) in [6.45, 7) is 3.52. The molecule has 7 heteroatoms. The number of imidazole rings is 1. The smallest absolute Gasteiger partial charge is 0.317 e. The van der Waals surface area contributed by atoms with Crippen LogP contribution in [0, 0.1) is 0 Å². The van der Waals surface area contributed by atoms with Gasteiger partial charge in [0.2, 0.25) is 0 Å². The quantitative estimate of drug-likeness (QED) is 0.915. The predicted molar refractivity (Wildman–Crippen MR) is 81.2 cm³/mol. The molecule has 0 aromatic carbocycles. The van der Waals surface area contributed by atoms with E-state index in [-0.39, 0.29) is 12.1 Å². The molecule has 2 amide bonds. The molecule has 3 heterocycles. The summed E-state index contributed by atoms with van der Waals surface area (Å²) in [4.78, 5) is 25.6. The van der Waals surface area contributed by atoms with Gasteiger partial charge < -0.3 is 15.2 Å². The van der Waals surface area contributed by atoms with Crippen LogP contribution in [0.1, 0.15) is 42.4 Å². The Balaban J connectivity index is 1.51. The van der Waals surface area contributed by atoms with Crippen LogP contribution in [-0.4, -0.2) is 39.0 Å². The van der Waals surface area contributed by atoms with Crippen LogP contribution >= 0.6 is 11.3 Å². The van der Waals surface area contributed by atoms with Gasteiger partial charge in [-0.15, -0.1) is 11.3 Å². The number of nitrogens with zero attached hydrogens (tertiary/aromatic N) is 3. The van der Waals surface area contributed by atoms with Gasteiger partial charge in [-0.3, -0.25) is 0 Å². The Morgan fingerprint density at radius 1 is 1.52 bits per heavy atom. The van der Waals surface area contributed by atoms with Crippen LogP contribution in [0.4, 0.5) is 4.79 Å². The lowest BCUT2D eigenvalue weighted by Gasteiger charge is -2.32. The molecule has 21 heavy (non-hydrogen) atoms. The van der Waals surface area contributed by atoms with Gasteiger partial charge in [0.25, 0.3) is 0 Å². The second-order valence-electron chi connectivity index (χ2n) is 5.31. The average Bonchev–Trinajstić information content (AvgIpc) is 3.20. The van der Waals surface area contributed by atoms with E-state index in [4.69, 9.17) is 0 Å². The Morgan fingerprint density at radius 2 is 2.33 bits per heavy atom. The Morgan fingerprint density at radius 3 is 2.95 bits per heavy atom. The van der Waals surface area contributed by atoms with Crippen molar-refractivity contribution in [2.75, 3.05) is 13.1 Å². The zero-order valence-corrected chi connectivity index (χ0v) is 12.8. The van der Waals surface area contributed by atoms with Crippen molar-refractivity contribution in [1.82, 2.24) is 25.2 Å². The molecule has 0 spiro atoms. The lowest BCUT2D eigenvalue weighted by Crippen LogP contribution is -2.44. The number of H-pyrrole nitrogens is 1. The maximum atomic E-state index is 12.3. The number of urea groups is 1. The van der Waals surface area contributed by atoms with Crippen molar-refractivity contribution < 1.29 is 4.79 Å². The third-order valence-electron chi connectivity index (χ3n) is 3.90. The first-order valence-electron chi connectivity index (χ1n) is 7.17. The van der Waals surface area contributed by atoms with Crippen LogP contribution in [0.3, 0.4) is 0 Å². The highest BCUT2D eigenvalue weighted by Gasteiger charge is 2.25. The van der Waals surface area contributed by atoms with Gasteiger partial charge in [-0.1, -0.05) is 0 Å². The summed E-state index contributed by atoms with van der Waals surface area (Å²) in [5, 5.41) is 5.88. The van der Waals surface area contributed by atoms with Crippen molar-refractivity contribution in [3.8, 4) is 0 Å². The van der Waals surface area contributed by atoms with Crippen molar-refractivity contribution in [3.05, 3.63) is 34.8 Å². The minimum atomic E-state index is -0.0390. The molecule has 0 saturated carbocycles. The van der Waals surface area contributed by atoms with E-state index < -0.39 is 0 Å². The summed E-state index contributed by atoms with van der Waals surface area (Å²) in [5.41, 5.74) is 1.17. The summed E-state index contributed by atoms with van der Waals surface area (Å²) >= 11 is 1.56. The van der Waals surface area contributed by atoms with Crippen LogP contribution < -0.4 is 5.32 Å². The Bertz CT molecular complexity index is 560. The fourth-order valence-corrected chi connectivity index (χ4v) is 3.32. The number of rotatable bonds is 3. The number of thiazole rings is 1. The van der Waals surface area contributed by atoms with Crippen LogP contribution in [0.15, 0.2) is 24.1 Å². The summed E-state index contributed by atoms with van der Waals surface area (Å²) in [5.74, 6) is 0.480. The van der Waals surface area contributed by atoms with Crippen molar-refractivity contribution >= 4 is 17.4 Å². The number of carbonyl (C=O) groups excluding carboxylic acids is 1. The van der Waals surface area contributed by atoms with Gasteiger partial charge in [0.1, 0.15) is 5.01 Å². The van der Waals surface area contributed by atoms with E-state index in [1.54, 1.807) is 23.9 Å². The molecule has 0 unspecified atom stereocenters. The lowest BCUT2D eigenvalue weighted by atomic mass is 9.94. The fourth-order valence-electron chi connectivity index (χ4n) is 2.67. The van der Waals surface area contributed by atoms with E-state index in [1.165, 1.54) is 5.69 Å². The molecule has 0 radical (unpaired) electrons. The molecular formula is C14H19N5OS. The van der Waals surface area contributed by atoms with E-state index >= 15 is 0 Å². The minimum absolute atomic E-state index is 0.000704. The number of aromatic nitrogens is 3. The van der Waals surface area contributed by atoms with Crippen molar-refractivity contribution in [3.63, 3.8) is 0 Å². The molecule has 2 aromatic rings. The number of hydrogen-bond donors (Lipinski definition) is 2. The van der Waals surface area contributed by atoms with E-state index in [2.05, 4.69) is 20.3 Å². The highest BCUT2D eigenvalue weighted by atomic mass is 32.1. The number of nitrogens with one attached hydrogen (secondary N) is 2. The molecule has 2 N–H and O–H groups in total. The van der Waals surface area contributed by atoms with Gasteiger partial charge in [-0.05, 0) is 19.8 Å². The molecular weight excluding hydrogens is 286 g/mol. The minimum Gasteiger partial charge on any atom is -0.348 e. The number of aromatic amines is 1. The van der Waals surface area contributed by atoms with Gasteiger partial charge >= 0.3 is 6.03 Å². The highest BCUT2D eigenvalue weighted by molar-refractivity contribution is 7.09. The molecule has 1 aliphatic rings. The molecule has 112 valence electrons. The second kappa shape index (κ2) is 6.26. The van der Waals surface area contributed by atoms with Crippen LogP contribution in [0.2, 0.25) is 0 Å². The Hall–Kier alpha value is -1.89. The normalized spacial score (nSPS) is 17.7. The zero-order chi connectivity index (χ0) is 14.7. The largest absolute Gasteiger partial charge is 0.348 e. The summed E-state index contributed by atoms with van der Waals surface area (Å²) in [6, 6.07) is -0.0383. The first-order valence-corrected chi connectivity index (χ1v) is 8.05. The summed E-state index contributed by atoms with van der Waals surface area (Å²) < 4.78 is 0. The Labute approximate surface area is 127 Å². The molecule has 1 atom stereocenters. The maximum absolute atomic E-state index is 12.3. The van der Waals surface area contributed by atoms with Gasteiger partial charge in [-0.25, -0.2) is 14.8 Å². The first-order chi connectivity index (χ1) is 10.2. The summed E-state index contributed by atoms with van der Waals surface area (Å²) in [6.07, 6.45) is 7.30. The SMILES string of the molecule is C[C@H](NC(=O)N1CCC(c2cnc[nH]2)CC1)c1nccs1. The molecule has 6 nitrogen and oxygen atoms in total. The summed E-state index contributed by atoms with van der Waals surface area (Å²) in [7, 11) is 0. The van der Waals surface area contributed by atoms with Crippen LogP contribution in [0.5, 0.6) is 0 Å². The number of hydrogen-bond acceptors (Lipinski definition) is 4. The topological polar surface area (TPSA) is 73.9 Å². The number of amides is 2. The lowest BCUT2D eigenvalue weighted by molar-refractivity contribution is 0.178. The van der Waals surface area contributed by atoms with Gasteiger partial charge in [0.05, 0.1) is 12.4 Å². The number of carbonyl (C=O) groups is 1. The second-order valence-corrected chi connectivity index (χ2v) is 6.24. The fraction of sp³-hybridized carbons (Fsp3) is 0.500. The van der Waals surface area contributed by atoms with Gasteiger partial charge in [-0.2, -0.15) is 0 Å². The predicted octanol–water partition coefficient (Wildman–Crippen LogP) is 2.52. The van der Waals surface area contributed by atoms with Crippen LogP contribution in [-0.2, 0) is 0 Å². The molecule has 1 aliphatic heterocycles. The molecule has 1 saturated heterocycles. The van der Waals surface area contributed by atoms with Crippen molar-refractivity contribution in [1.29, 1.82) is 0 Å². The molecule has 0 bridgehead atoms. The van der Waals surface area contributed by atoms with Gasteiger partial charge in [0.15, 0.2) is 0 Å². The Kier molecular flexibility index (Phi) is 4.19. The molecule has 2 aromatic heterocycles. The third kappa shape index (κ3) is 3.24. The van der Waals surface area contributed by atoms with Gasteiger partial charge in [0, 0.05) is 42.5 Å². The number of piperidine rings is 1. The number of likely N-dealkylation sites (tertiary alicyclic amines) is 1. The highest BCUT2D eigenvalue weighted by Crippen LogP contribution is 2.26. The first kappa shape index (κ1) is 14.1. The molecule has 0 aliphatic carbocycles. The zero-order valence-electron chi connectivity index (χ0n) is 12.0. The van der Waals surface area contributed by atoms with E-state index in [1.807, 2.05) is 23.4 Å². The monoisotopic (exact) mass is 305 g/mol. The third-order valence-corrected chi connectivity index (χ3v) is 4.86. The van der Waals surface area contributed by atoms with E-state index in [0.29, 0.717) is 5.92 Å². The standard InChI is InChI=1S/C14H19N5OS/c1-10(13-16-4-7-21-13)18-14(20)19-5-2-11(3-6-19)12-8-15-9-17-12/h4,7-11H,2-3,5-6H2,1H3,(H,15,17)(H,18,20)/t10-/m0/s1. The average molecular weight is 305 g/mol. The van der Waals surface area contributed by atoms with Crippen LogP contribution in [0.25, 0.3) is 0 Å². The molecule has 3 rings (SSSR count).